The van der Waals surface area contributed by atoms with Crippen LogP contribution in [0.5, 0.6) is 0 Å². The zero-order chi connectivity index (χ0) is 16.0. The molecular formula is C13H22N2O6. The summed E-state index contributed by atoms with van der Waals surface area (Å²) in [5.74, 6) is -0.526. The summed E-state index contributed by atoms with van der Waals surface area (Å²) < 4.78 is 0. The molecule has 0 radical (unpaired) electrons. The number of hydrogen-bond donors (Lipinski definition) is 6. The molecule has 0 amide bonds. The quantitative estimate of drug-likeness (QED) is 0.310. The molecule has 5 unspecified atom stereocenters. The lowest BCUT2D eigenvalue weighted by Gasteiger charge is -2.22. The van der Waals surface area contributed by atoms with Crippen molar-refractivity contribution in [3.63, 3.8) is 0 Å². The summed E-state index contributed by atoms with van der Waals surface area (Å²) in [6.45, 7) is 0.537. The molecule has 1 heterocycles. The average molecular weight is 302 g/mol. The van der Waals surface area contributed by atoms with Crippen LogP contribution in [-0.2, 0) is 6.42 Å². The van der Waals surface area contributed by atoms with Gasteiger partial charge >= 0.3 is 0 Å². The van der Waals surface area contributed by atoms with Crippen LogP contribution in [-0.4, -0.2) is 78.2 Å². The molecule has 0 aliphatic carbocycles. The van der Waals surface area contributed by atoms with E-state index in [2.05, 4.69) is 9.97 Å². The first-order valence-electron chi connectivity index (χ1n) is 6.65. The maximum atomic E-state index is 9.78. The van der Waals surface area contributed by atoms with E-state index in [1.807, 2.05) is 0 Å². The first-order chi connectivity index (χ1) is 9.90. The van der Waals surface area contributed by atoms with Crippen LogP contribution in [0.2, 0.25) is 0 Å². The number of hydrogen-bond acceptors (Lipinski definition) is 8. The number of aliphatic hydroxyl groups excluding tert-OH is 6. The highest BCUT2D eigenvalue weighted by Gasteiger charge is 2.25. The predicted molar refractivity (Wildman–Crippen MR) is 72.3 cm³/mol. The Bertz CT molecular complexity index is 416. The van der Waals surface area contributed by atoms with Gasteiger partial charge in [-0.05, 0) is 0 Å². The van der Waals surface area contributed by atoms with Gasteiger partial charge in [-0.2, -0.15) is 0 Å². The molecule has 6 N–H and O–H groups in total. The van der Waals surface area contributed by atoms with E-state index in [-0.39, 0.29) is 6.42 Å². The lowest BCUT2D eigenvalue weighted by Crippen LogP contribution is -2.34. The van der Waals surface area contributed by atoms with E-state index in [9.17, 15) is 20.4 Å². The maximum absolute atomic E-state index is 9.78. The van der Waals surface area contributed by atoms with Gasteiger partial charge in [0.05, 0.1) is 36.8 Å². The van der Waals surface area contributed by atoms with Crippen molar-refractivity contribution < 1.29 is 30.6 Å². The number of nitrogens with zero attached hydrogens (tertiary/aromatic N) is 2. The summed E-state index contributed by atoms with van der Waals surface area (Å²) >= 11 is 0. The molecule has 21 heavy (non-hydrogen) atoms. The van der Waals surface area contributed by atoms with Crippen molar-refractivity contribution in [3.05, 3.63) is 23.8 Å². The van der Waals surface area contributed by atoms with Gasteiger partial charge in [0, 0.05) is 24.7 Å². The van der Waals surface area contributed by atoms with Gasteiger partial charge in [-0.25, -0.2) is 0 Å². The summed E-state index contributed by atoms with van der Waals surface area (Å²) in [4.78, 5) is 8.14. The molecule has 0 aromatic carbocycles. The first kappa shape index (κ1) is 17.9. The van der Waals surface area contributed by atoms with Crippen molar-refractivity contribution >= 4 is 0 Å². The zero-order valence-electron chi connectivity index (χ0n) is 11.7. The van der Waals surface area contributed by atoms with Crippen LogP contribution in [0.4, 0.5) is 0 Å². The average Bonchev–Trinajstić information content (AvgIpc) is 2.52. The third-order valence-corrected chi connectivity index (χ3v) is 3.33. The summed E-state index contributed by atoms with van der Waals surface area (Å²) in [6.07, 6.45) is -2.01. The molecule has 1 aromatic rings. The molecule has 8 heteroatoms. The Labute approximate surface area is 122 Å². The lowest BCUT2D eigenvalue weighted by molar-refractivity contribution is -0.0251. The van der Waals surface area contributed by atoms with E-state index in [0.29, 0.717) is 11.4 Å². The first-order valence-corrected chi connectivity index (χ1v) is 6.65. The minimum Gasteiger partial charge on any atom is -0.394 e. The van der Waals surface area contributed by atoms with Crippen molar-refractivity contribution in [1.29, 1.82) is 0 Å². The Hall–Kier alpha value is -1.16. The second kappa shape index (κ2) is 8.32. The third-order valence-electron chi connectivity index (χ3n) is 3.33. The van der Waals surface area contributed by atoms with Crippen molar-refractivity contribution in [2.45, 2.75) is 43.7 Å². The summed E-state index contributed by atoms with van der Waals surface area (Å²) in [6, 6.07) is 0. The van der Waals surface area contributed by atoms with Gasteiger partial charge < -0.3 is 30.6 Å². The van der Waals surface area contributed by atoms with E-state index in [1.54, 1.807) is 6.92 Å². The molecule has 0 saturated carbocycles. The second-order valence-electron chi connectivity index (χ2n) is 4.98. The van der Waals surface area contributed by atoms with Crippen LogP contribution in [0.15, 0.2) is 12.4 Å². The molecular weight excluding hydrogens is 280 g/mol. The minimum atomic E-state index is -1.26. The van der Waals surface area contributed by atoms with Crippen molar-refractivity contribution in [2.24, 2.45) is 0 Å². The van der Waals surface area contributed by atoms with Crippen LogP contribution in [0.1, 0.15) is 24.2 Å². The van der Waals surface area contributed by atoms with Gasteiger partial charge in [0.15, 0.2) is 0 Å². The molecule has 0 saturated heterocycles. The van der Waals surface area contributed by atoms with Crippen molar-refractivity contribution in [1.82, 2.24) is 9.97 Å². The number of aliphatic hydroxyl groups is 6. The summed E-state index contributed by atoms with van der Waals surface area (Å²) in [5, 5.41) is 55.5. The second-order valence-corrected chi connectivity index (χ2v) is 4.98. The fourth-order valence-electron chi connectivity index (χ4n) is 1.79. The van der Waals surface area contributed by atoms with Crippen LogP contribution >= 0.6 is 0 Å². The molecule has 0 spiro atoms. The normalized spacial score (nSPS) is 18.8. The minimum absolute atomic E-state index is 0.0329. The molecule has 0 bridgehead atoms. The van der Waals surface area contributed by atoms with Gasteiger partial charge in [-0.1, -0.05) is 6.92 Å². The van der Waals surface area contributed by atoms with Crippen LogP contribution < -0.4 is 0 Å². The molecule has 8 nitrogen and oxygen atoms in total. The van der Waals surface area contributed by atoms with Crippen molar-refractivity contribution in [2.75, 3.05) is 13.2 Å². The smallest absolute Gasteiger partial charge is 0.104 e. The number of rotatable bonds is 8. The molecule has 0 aliphatic heterocycles. The Balaban J connectivity index is 2.69. The standard InChI is InChI=1S/C13H22N2O6/c1-7(13(21)12(20)6-17)9-4-14-8(3-15-9)2-10(18)11(19)5-16/h3-4,7,10-13,16-21H,2,5-6H2,1H3. The molecule has 1 aromatic heterocycles. The Morgan fingerprint density at radius 3 is 2.00 bits per heavy atom. The monoisotopic (exact) mass is 302 g/mol. The largest absolute Gasteiger partial charge is 0.394 e. The topological polar surface area (TPSA) is 147 Å². The van der Waals surface area contributed by atoms with Gasteiger partial charge in [0.1, 0.15) is 12.2 Å². The van der Waals surface area contributed by atoms with Gasteiger partial charge in [-0.3, -0.25) is 9.97 Å². The van der Waals surface area contributed by atoms with E-state index < -0.39 is 43.5 Å². The molecule has 0 fully saturated rings. The van der Waals surface area contributed by atoms with Gasteiger partial charge in [0.2, 0.25) is 0 Å². The highest BCUT2D eigenvalue weighted by molar-refractivity contribution is 5.09. The Kier molecular flexibility index (Phi) is 7.09. The lowest BCUT2D eigenvalue weighted by atomic mass is 9.97. The number of aromatic nitrogens is 2. The van der Waals surface area contributed by atoms with E-state index in [4.69, 9.17) is 10.2 Å². The highest BCUT2D eigenvalue weighted by atomic mass is 16.4. The van der Waals surface area contributed by atoms with E-state index >= 15 is 0 Å². The summed E-state index contributed by atoms with van der Waals surface area (Å²) in [5.41, 5.74) is 0.846. The third kappa shape index (κ3) is 4.95. The Morgan fingerprint density at radius 2 is 1.52 bits per heavy atom. The van der Waals surface area contributed by atoms with Gasteiger partial charge in [-0.15, -0.1) is 0 Å². The predicted octanol–water partition coefficient (Wildman–Crippen LogP) is -2.45. The zero-order valence-corrected chi connectivity index (χ0v) is 11.7. The molecule has 0 aliphatic rings. The van der Waals surface area contributed by atoms with Gasteiger partial charge in [0.25, 0.3) is 0 Å². The fraction of sp³-hybridized carbons (Fsp3) is 0.692. The SMILES string of the molecule is CC(c1cnc(CC(O)C(O)CO)cn1)C(O)C(O)CO. The Morgan fingerprint density at radius 1 is 0.905 bits per heavy atom. The molecule has 120 valence electrons. The summed E-state index contributed by atoms with van der Waals surface area (Å²) in [7, 11) is 0. The molecule has 1 rings (SSSR count). The maximum Gasteiger partial charge on any atom is 0.104 e. The van der Waals surface area contributed by atoms with Crippen LogP contribution in [0, 0.1) is 0 Å². The van der Waals surface area contributed by atoms with Crippen LogP contribution in [0.25, 0.3) is 0 Å². The van der Waals surface area contributed by atoms with Crippen molar-refractivity contribution in [3.8, 4) is 0 Å². The molecule has 5 atom stereocenters. The van der Waals surface area contributed by atoms with E-state index in [0.717, 1.165) is 0 Å². The highest BCUT2D eigenvalue weighted by Crippen LogP contribution is 2.19. The fourth-order valence-corrected chi connectivity index (χ4v) is 1.79. The van der Waals surface area contributed by atoms with Crippen LogP contribution in [0.3, 0.4) is 0 Å². The van der Waals surface area contributed by atoms with E-state index in [1.165, 1.54) is 12.4 Å².